The number of hydrogen-bond acceptors (Lipinski definition) is 7. The van der Waals surface area contributed by atoms with Crippen LogP contribution in [0.15, 0.2) is 57.0 Å². The topological polar surface area (TPSA) is 126 Å². The van der Waals surface area contributed by atoms with Gasteiger partial charge in [0.15, 0.2) is 5.82 Å². The first-order valence-electron chi connectivity index (χ1n) is 9.90. The summed E-state index contributed by atoms with van der Waals surface area (Å²) in [6.07, 6.45) is 1.74. The molecule has 0 fully saturated rings. The molecule has 0 atom stereocenters. The fourth-order valence-electron chi connectivity index (χ4n) is 3.33. The molecule has 3 N–H and O–H groups in total. The van der Waals surface area contributed by atoms with Crippen LogP contribution >= 0.6 is 11.8 Å². The van der Waals surface area contributed by atoms with E-state index in [0.717, 1.165) is 11.3 Å². The van der Waals surface area contributed by atoms with Crippen LogP contribution in [0.25, 0.3) is 17.1 Å². The molecule has 4 rings (SSSR count). The summed E-state index contributed by atoms with van der Waals surface area (Å²) in [6, 6.07) is 11.0. The van der Waals surface area contributed by atoms with Crippen LogP contribution in [0.4, 0.5) is 5.69 Å². The smallest absolute Gasteiger partial charge is 0.295 e. The quantitative estimate of drug-likeness (QED) is 0.325. The number of furan rings is 1. The number of carbonyl (C=O) groups excluding carboxylic acids is 1. The van der Waals surface area contributed by atoms with Crippen LogP contribution in [0.3, 0.4) is 0 Å². The Morgan fingerprint density at radius 2 is 1.94 bits per heavy atom. The average molecular weight is 454 g/mol. The number of aromatic nitrogens is 5. The molecule has 0 saturated heterocycles. The average Bonchev–Trinajstić information content (AvgIpc) is 3.42. The molecule has 0 unspecified atom stereocenters. The van der Waals surface area contributed by atoms with Gasteiger partial charge in [0.05, 0.1) is 23.2 Å². The molecule has 166 valence electrons. The van der Waals surface area contributed by atoms with E-state index in [9.17, 15) is 9.59 Å². The third-order valence-corrected chi connectivity index (χ3v) is 6.09. The van der Waals surface area contributed by atoms with Gasteiger partial charge in [0.25, 0.3) is 5.56 Å². The van der Waals surface area contributed by atoms with Gasteiger partial charge >= 0.3 is 0 Å². The van der Waals surface area contributed by atoms with Crippen molar-refractivity contribution in [3.8, 4) is 17.1 Å². The van der Waals surface area contributed by atoms with Crippen molar-refractivity contribution in [3.05, 3.63) is 64.5 Å². The summed E-state index contributed by atoms with van der Waals surface area (Å²) < 4.78 is 9.90. The third kappa shape index (κ3) is 3.94. The van der Waals surface area contributed by atoms with Crippen LogP contribution in [0.2, 0.25) is 0 Å². The Morgan fingerprint density at radius 1 is 1.19 bits per heavy atom. The van der Waals surface area contributed by atoms with Gasteiger partial charge < -0.3 is 15.6 Å². The second-order valence-corrected chi connectivity index (χ2v) is 8.21. The lowest BCUT2D eigenvalue weighted by molar-refractivity contribution is -0.115. The Kier molecular flexibility index (Phi) is 5.91. The van der Waals surface area contributed by atoms with Crippen molar-refractivity contribution < 1.29 is 9.21 Å². The first-order valence-corrected chi connectivity index (χ1v) is 10.9. The van der Waals surface area contributed by atoms with Gasteiger partial charge in [-0.25, -0.2) is 9.36 Å². The number of thioether (sulfide) groups is 1. The molecule has 0 saturated carbocycles. The predicted octanol–water partition coefficient (Wildman–Crippen LogP) is 2.48. The molecule has 32 heavy (non-hydrogen) atoms. The minimum Gasteiger partial charge on any atom is -0.469 e. The van der Waals surface area contributed by atoms with Gasteiger partial charge in [-0.05, 0) is 32.0 Å². The van der Waals surface area contributed by atoms with Gasteiger partial charge in [0.2, 0.25) is 11.1 Å². The van der Waals surface area contributed by atoms with E-state index in [1.165, 1.54) is 21.1 Å². The van der Waals surface area contributed by atoms with Crippen molar-refractivity contribution in [3.63, 3.8) is 0 Å². The minimum absolute atomic E-state index is 0.177. The van der Waals surface area contributed by atoms with Crippen molar-refractivity contribution >= 4 is 23.4 Å². The second kappa shape index (κ2) is 8.79. The lowest BCUT2D eigenvalue weighted by Crippen LogP contribution is -2.23. The number of aryl methyl sites for hydroxylation is 1. The summed E-state index contributed by atoms with van der Waals surface area (Å²) >= 11 is 1.31. The maximum absolute atomic E-state index is 12.9. The summed E-state index contributed by atoms with van der Waals surface area (Å²) in [5, 5.41) is 11.4. The number of nitrogens with zero attached hydrogens (tertiary/aromatic N) is 5. The number of nitrogens with one attached hydrogen (secondary N) is 1. The Labute approximate surface area is 188 Å². The van der Waals surface area contributed by atoms with E-state index in [1.807, 2.05) is 37.3 Å². The fraction of sp³-hybridized carbons (Fsp3) is 0.238. The lowest BCUT2D eigenvalue weighted by Gasteiger charge is -2.07. The Balaban J connectivity index is 1.41. The number of benzene rings is 1. The minimum atomic E-state index is -0.279. The highest BCUT2D eigenvalue weighted by atomic mass is 32.2. The summed E-state index contributed by atoms with van der Waals surface area (Å²) in [5.74, 6) is 7.44. The van der Waals surface area contributed by atoms with E-state index in [0.29, 0.717) is 28.2 Å². The molecule has 0 spiro atoms. The molecule has 3 aromatic heterocycles. The molecule has 11 heteroatoms. The molecule has 10 nitrogen and oxygen atoms in total. The highest BCUT2D eigenvalue weighted by Gasteiger charge is 2.19. The van der Waals surface area contributed by atoms with Gasteiger partial charge in [-0.3, -0.25) is 14.3 Å². The zero-order valence-electron chi connectivity index (χ0n) is 17.9. The maximum atomic E-state index is 12.9. The Bertz CT molecular complexity index is 1320. The molecule has 0 aliphatic rings. The first kappa shape index (κ1) is 21.5. The number of hydrogen-bond donors (Lipinski definition) is 2. The van der Waals surface area contributed by atoms with Crippen LogP contribution < -0.4 is 16.7 Å². The molecule has 1 amide bonds. The van der Waals surface area contributed by atoms with E-state index in [1.54, 1.807) is 31.0 Å². The first-order chi connectivity index (χ1) is 15.4. The number of nitrogens with two attached hydrogens (primary N) is 1. The van der Waals surface area contributed by atoms with Crippen LogP contribution in [0.1, 0.15) is 17.9 Å². The Morgan fingerprint density at radius 3 is 2.62 bits per heavy atom. The molecule has 0 bridgehead atoms. The molecule has 3 heterocycles. The molecular weight excluding hydrogens is 430 g/mol. The van der Waals surface area contributed by atoms with E-state index in [4.69, 9.17) is 10.3 Å². The van der Waals surface area contributed by atoms with Gasteiger partial charge in [-0.1, -0.05) is 30.0 Å². The fourth-order valence-corrected chi connectivity index (χ4v) is 4.12. The zero-order valence-corrected chi connectivity index (χ0v) is 18.7. The largest absolute Gasteiger partial charge is 0.469 e. The number of carbonyl (C=O) groups is 1. The molecule has 1 aromatic carbocycles. The molecule has 0 aliphatic heterocycles. The van der Waals surface area contributed by atoms with E-state index < -0.39 is 0 Å². The number of nitrogen functional groups attached to an aromatic ring is 1. The van der Waals surface area contributed by atoms with E-state index in [-0.39, 0.29) is 23.6 Å². The summed E-state index contributed by atoms with van der Waals surface area (Å²) in [6.45, 7) is 3.61. The standard InChI is InChI=1S/C21H23N7O3S/c1-13-18(20(30)28(26(13)3)15-7-5-4-6-8-15)23-17(29)10-12-32-21-25-24-19(27(21)22)16-9-11-31-14(16)2/h4-9,11H,10,12,22H2,1-3H3,(H,23,29). The normalized spacial score (nSPS) is 11.1. The summed E-state index contributed by atoms with van der Waals surface area (Å²) in [7, 11) is 1.78. The van der Waals surface area contributed by atoms with Gasteiger partial charge in [-0.15, -0.1) is 10.2 Å². The summed E-state index contributed by atoms with van der Waals surface area (Å²) in [4.78, 5) is 25.4. The Hall–Kier alpha value is -3.73. The SMILES string of the molecule is Cc1occc1-c1nnc(SCCC(=O)Nc2c(C)n(C)n(-c3ccccc3)c2=O)n1N. The molecule has 0 aliphatic carbocycles. The molecular formula is C21H23N7O3S. The highest BCUT2D eigenvalue weighted by Crippen LogP contribution is 2.25. The lowest BCUT2D eigenvalue weighted by atomic mass is 10.2. The number of para-hydroxylation sites is 1. The molecule has 4 aromatic rings. The zero-order chi connectivity index (χ0) is 22.8. The maximum Gasteiger partial charge on any atom is 0.295 e. The monoisotopic (exact) mass is 453 g/mol. The summed E-state index contributed by atoms with van der Waals surface area (Å²) in [5.41, 5.74) is 2.15. The predicted molar refractivity (Wildman–Crippen MR) is 122 cm³/mol. The van der Waals surface area contributed by atoms with Crippen LogP contribution in [0.5, 0.6) is 0 Å². The van der Waals surface area contributed by atoms with Gasteiger partial charge in [0.1, 0.15) is 11.4 Å². The van der Waals surface area contributed by atoms with E-state index >= 15 is 0 Å². The number of amides is 1. The number of rotatable bonds is 7. The van der Waals surface area contributed by atoms with Crippen LogP contribution in [-0.4, -0.2) is 35.9 Å². The van der Waals surface area contributed by atoms with Gasteiger partial charge in [-0.2, -0.15) is 0 Å². The van der Waals surface area contributed by atoms with Crippen LogP contribution in [-0.2, 0) is 11.8 Å². The van der Waals surface area contributed by atoms with Crippen LogP contribution in [0, 0.1) is 13.8 Å². The molecule has 0 radical (unpaired) electrons. The second-order valence-electron chi connectivity index (χ2n) is 7.15. The van der Waals surface area contributed by atoms with Crippen molar-refractivity contribution in [2.45, 2.75) is 25.4 Å². The van der Waals surface area contributed by atoms with Crippen molar-refractivity contribution in [2.75, 3.05) is 16.9 Å². The van der Waals surface area contributed by atoms with Crippen molar-refractivity contribution in [1.29, 1.82) is 0 Å². The highest BCUT2D eigenvalue weighted by molar-refractivity contribution is 7.99. The third-order valence-electron chi connectivity index (χ3n) is 5.14. The van der Waals surface area contributed by atoms with Gasteiger partial charge in [0, 0.05) is 19.2 Å². The number of anilines is 1. The van der Waals surface area contributed by atoms with Crippen molar-refractivity contribution in [1.82, 2.24) is 24.2 Å². The van der Waals surface area contributed by atoms with Crippen molar-refractivity contribution in [2.24, 2.45) is 7.05 Å². The van der Waals surface area contributed by atoms with E-state index in [2.05, 4.69) is 15.5 Å².